The van der Waals surface area contributed by atoms with Crippen LogP contribution < -0.4 is 10.6 Å². The topological polar surface area (TPSA) is 125 Å². The number of hydrogen-bond donors (Lipinski definition) is 4. The highest BCUT2D eigenvalue weighted by Gasteiger charge is 2.31. The molecule has 37 heavy (non-hydrogen) atoms. The minimum absolute atomic E-state index is 0. The number of carbonyl (C=O) groups is 3. The van der Waals surface area contributed by atoms with E-state index >= 15 is 0 Å². The lowest BCUT2D eigenvalue weighted by atomic mass is 10.1. The number of ether oxygens (including phenoxy) is 1. The molecule has 8 nitrogen and oxygen atoms in total. The number of aliphatic carboxylic acids is 1. The van der Waals surface area contributed by atoms with Crippen LogP contribution in [0.1, 0.15) is 88.5 Å². The number of carboxylic acid groups (broad SMARTS) is 1. The molecular weight excluding hydrogens is 492 g/mol. The number of hydrogen-bond acceptors (Lipinski definition) is 6. The van der Waals surface area contributed by atoms with Crippen LogP contribution in [0, 0.1) is 0 Å². The van der Waals surface area contributed by atoms with Crippen LogP contribution in [0.15, 0.2) is 34.9 Å². The van der Waals surface area contributed by atoms with Gasteiger partial charge in [0.2, 0.25) is 5.91 Å². The predicted octanol–water partition coefficient (Wildman–Crippen LogP) is 5.62. The van der Waals surface area contributed by atoms with Crippen LogP contribution in [-0.2, 0) is 14.3 Å². The number of amides is 2. The number of rotatable bonds is 15. The first-order chi connectivity index (χ1) is 16.6. The Morgan fingerprint density at radius 1 is 0.946 bits per heavy atom. The standard InChI is InChI=1S/C27H46N2O6S.CH4/c1-18(2)11-9-12-19(3)13-10-14-20(4)15-16-36-17-22(25(32)33)28-24(31)23(21(5)30)29-26(34)35-27(6,7)8;/h11,13,15,21-23,30H,9-10,12,14,16-17H2,1-8H3,(H,28,31)(H,29,34)(H,32,33);1H4/b19-13+,20-15+;/t21?,22-,23-;/m0./s1. The molecule has 1 unspecified atom stereocenters. The van der Waals surface area contributed by atoms with Gasteiger partial charge in [-0.25, -0.2) is 9.59 Å². The largest absolute Gasteiger partial charge is 0.480 e. The van der Waals surface area contributed by atoms with Gasteiger partial charge in [-0.1, -0.05) is 42.4 Å². The van der Waals surface area contributed by atoms with Crippen LogP contribution in [0.4, 0.5) is 4.79 Å². The summed E-state index contributed by atoms with van der Waals surface area (Å²) in [6.45, 7) is 14.8. The SMILES string of the molecule is C.CC(C)=CCC/C(C)=C/CC/C(C)=C/CSC[C@H](NC(=O)[C@@H](NC(=O)OC(C)(C)C)C(C)O)C(=O)O. The van der Waals surface area contributed by atoms with Crippen molar-refractivity contribution >= 4 is 29.7 Å². The van der Waals surface area contributed by atoms with Crippen molar-refractivity contribution in [3.63, 3.8) is 0 Å². The molecular formula is C28H50N2O6S. The van der Waals surface area contributed by atoms with Gasteiger partial charge in [-0.05, 0) is 81.1 Å². The first kappa shape index (κ1) is 36.9. The fraction of sp³-hybridized carbons (Fsp3) is 0.679. The molecule has 0 aromatic heterocycles. The van der Waals surface area contributed by atoms with Crippen molar-refractivity contribution in [1.29, 1.82) is 0 Å². The second-order valence-electron chi connectivity index (χ2n) is 10.3. The van der Waals surface area contributed by atoms with Crippen molar-refractivity contribution < 1.29 is 29.3 Å². The number of carboxylic acids is 1. The Hall–Kier alpha value is -2.26. The number of thioether (sulfide) groups is 1. The molecule has 0 fully saturated rings. The molecule has 0 aromatic carbocycles. The molecule has 2 amide bonds. The number of nitrogens with one attached hydrogen (secondary N) is 2. The summed E-state index contributed by atoms with van der Waals surface area (Å²) in [5.74, 6) is -1.22. The summed E-state index contributed by atoms with van der Waals surface area (Å²) >= 11 is 1.39. The summed E-state index contributed by atoms with van der Waals surface area (Å²) in [6.07, 6.45) is 8.50. The van der Waals surface area contributed by atoms with Gasteiger partial charge in [0.05, 0.1) is 6.10 Å². The molecule has 0 bridgehead atoms. The summed E-state index contributed by atoms with van der Waals surface area (Å²) in [5.41, 5.74) is 3.16. The maximum Gasteiger partial charge on any atom is 0.408 e. The average Bonchev–Trinajstić information content (AvgIpc) is 2.72. The summed E-state index contributed by atoms with van der Waals surface area (Å²) < 4.78 is 5.12. The van der Waals surface area contributed by atoms with E-state index in [4.69, 9.17) is 4.74 Å². The van der Waals surface area contributed by atoms with Crippen LogP contribution in [-0.4, -0.2) is 63.5 Å². The molecule has 0 saturated heterocycles. The Balaban J connectivity index is 0. The number of carbonyl (C=O) groups excluding carboxylic acids is 2. The van der Waals surface area contributed by atoms with Crippen molar-refractivity contribution in [2.24, 2.45) is 0 Å². The highest BCUT2D eigenvalue weighted by molar-refractivity contribution is 7.99. The molecule has 4 N–H and O–H groups in total. The normalized spacial score (nSPS) is 14.5. The zero-order valence-corrected chi connectivity index (χ0v) is 24.0. The van der Waals surface area contributed by atoms with E-state index in [1.807, 2.05) is 0 Å². The van der Waals surface area contributed by atoms with Gasteiger partial charge in [-0.15, -0.1) is 0 Å². The summed E-state index contributed by atoms with van der Waals surface area (Å²) in [5, 5.41) is 24.2. The third kappa shape index (κ3) is 19.5. The van der Waals surface area contributed by atoms with Crippen molar-refractivity contribution in [2.75, 3.05) is 11.5 Å². The predicted molar refractivity (Wildman–Crippen MR) is 154 cm³/mol. The molecule has 0 heterocycles. The third-order valence-corrected chi connectivity index (χ3v) is 5.98. The fourth-order valence-electron chi connectivity index (χ4n) is 3.00. The van der Waals surface area contributed by atoms with E-state index in [1.54, 1.807) is 20.8 Å². The Morgan fingerprint density at radius 2 is 1.49 bits per heavy atom. The third-order valence-electron chi connectivity index (χ3n) is 5.01. The van der Waals surface area contributed by atoms with E-state index in [1.165, 1.54) is 35.4 Å². The highest BCUT2D eigenvalue weighted by Crippen LogP contribution is 2.13. The number of aliphatic hydroxyl groups excluding tert-OH is 1. The fourth-order valence-corrected chi connectivity index (χ4v) is 4.00. The number of allylic oxidation sites excluding steroid dienone is 5. The minimum Gasteiger partial charge on any atom is -0.480 e. The molecule has 9 heteroatoms. The second kappa shape index (κ2) is 18.9. The summed E-state index contributed by atoms with van der Waals surface area (Å²) in [6, 6.07) is -2.50. The molecule has 0 aromatic rings. The van der Waals surface area contributed by atoms with Gasteiger partial charge in [0, 0.05) is 11.5 Å². The van der Waals surface area contributed by atoms with Crippen LogP contribution in [0.5, 0.6) is 0 Å². The van der Waals surface area contributed by atoms with Crippen molar-refractivity contribution in [2.45, 2.75) is 112 Å². The van der Waals surface area contributed by atoms with E-state index in [-0.39, 0.29) is 13.2 Å². The molecule has 0 spiro atoms. The monoisotopic (exact) mass is 542 g/mol. The Bertz CT molecular complexity index is 808. The maximum atomic E-state index is 12.6. The van der Waals surface area contributed by atoms with Crippen LogP contribution >= 0.6 is 11.8 Å². The van der Waals surface area contributed by atoms with E-state index in [9.17, 15) is 24.6 Å². The quantitative estimate of drug-likeness (QED) is 0.156. The van der Waals surface area contributed by atoms with Crippen molar-refractivity contribution in [3.05, 3.63) is 34.9 Å². The lowest BCUT2D eigenvalue weighted by Gasteiger charge is -2.25. The van der Waals surface area contributed by atoms with Gasteiger partial charge in [0.15, 0.2) is 0 Å². The lowest BCUT2D eigenvalue weighted by Crippen LogP contribution is -2.56. The van der Waals surface area contributed by atoms with Gasteiger partial charge in [-0.2, -0.15) is 11.8 Å². The number of alkyl carbamates (subject to hydrolysis) is 1. The minimum atomic E-state index is -1.34. The van der Waals surface area contributed by atoms with Gasteiger partial charge in [-0.3, -0.25) is 4.79 Å². The average molecular weight is 543 g/mol. The molecule has 0 saturated carbocycles. The molecule has 0 aliphatic carbocycles. The first-order valence-electron chi connectivity index (χ1n) is 12.4. The zero-order chi connectivity index (χ0) is 27.9. The smallest absolute Gasteiger partial charge is 0.408 e. The molecule has 214 valence electrons. The van der Waals surface area contributed by atoms with Gasteiger partial charge >= 0.3 is 12.1 Å². The highest BCUT2D eigenvalue weighted by atomic mass is 32.2. The lowest BCUT2D eigenvalue weighted by molar-refractivity contribution is -0.141. The van der Waals surface area contributed by atoms with Gasteiger partial charge < -0.3 is 25.6 Å². The maximum absolute atomic E-state index is 12.6. The number of aliphatic hydroxyl groups is 1. The Kier molecular flexibility index (Phi) is 18.8. The van der Waals surface area contributed by atoms with E-state index in [0.29, 0.717) is 5.75 Å². The van der Waals surface area contributed by atoms with E-state index in [2.05, 4.69) is 56.6 Å². The van der Waals surface area contributed by atoms with Crippen LogP contribution in [0.25, 0.3) is 0 Å². The molecule has 0 aliphatic heterocycles. The van der Waals surface area contributed by atoms with Gasteiger partial charge in [0.25, 0.3) is 0 Å². The first-order valence-corrected chi connectivity index (χ1v) is 13.5. The molecule has 0 radical (unpaired) electrons. The van der Waals surface area contributed by atoms with E-state index < -0.39 is 41.8 Å². The van der Waals surface area contributed by atoms with E-state index in [0.717, 1.165) is 25.7 Å². The zero-order valence-electron chi connectivity index (χ0n) is 23.1. The van der Waals surface area contributed by atoms with Crippen molar-refractivity contribution in [3.8, 4) is 0 Å². The molecule has 0 aliphatic rings. The molecule has 0 rings (SSSR count). The molecule has 3 atom stereocenters. The van der Waals surface area contributed by atoms with Crippen LogP contribution in [0.2, 0.25) is 0 Å². The van der Waals surface area contributed by atoms with Crippen molar-refractivity contribution in [1.82, 2.24) is 10.6 Å². The summed E-state index contributed by atoms with van der Waals surface area (Å²) in [4.78, 5) is 36.2. The Labute approximate surface area is 228 Å². The van der Waals surface area contributed by atoms with Crippen LogP contribution in [0.3, 0.4) is 0 Å². The van der Waals surface area contributed by atoms with Gasteiger partial charge in [0.1, 0.15) is 17.7 Å². The Morgan fingerprint density at radius 3 is 1.97 bits per heavy atom. The summed E-state index contributed by atoms with van der Waals surface area (Å²) in [7, 11) is 0. The second-order valence-corrected chi connectivity index (χ2v) is 11.3.